The first-order chi connectivity index (χ1) is 8.19. The zero-order valence-electron chi connectivity index (χ0n) is 9.34. The smallest absolute Gasteiger partial charge is 0.119 e. The summed E-state index contributed by atoms with van der Waals surface area (Å²) in [4.78, 5) is 10.3. The van der Waals surface area contributed by atoms with Crippen LogP contribution >= 0.6 is 0 Å². The summed E-state index contributed by atoms with van der Waals surface area (Å²) in [7, 11) is 1.62. The van der Waals surface area contributed by atoms with Crippen molar-refractivity contribution in [2.75, 3.05) is 7.11 Å². The van der Waals surface area contributed by atoms with E-state index in [-0.39, 0.29) is 0 Å². The molecule has 0 aliphatic carbocycles. The van der Waals surface area contributed by atoms with Crippen LogP contribution in [0.25, 0.3) is 16.8 Å². The maximum Gasteiger partial charge on any atom is 0.119 e. The first-order valence-electron chi connectivity index (χ1n) is 5.16. The molecule has 3 heteroatoms. The van der Waals surface area contributed by atoms with E-state index >= 15 is 0 Å². The topological polar surface area (TPSA) is 49.4 Å². The van der Waals surface area contributed by atoms with Gasteiger partial charge in [-0.25, -0.2) is 0 Å². The normalized spacial score (nSPS) is 10.9. The van der Waals surface area contributed by atoms with Gasteiger partial charge in [-0.3, -0.25) is 0 Å². The third-order valence-corrected chi connectivity index (χ3v) is 2.48. The van der Waals surface area contributed by atoms with Gasteiger partial charge in [0.15, 0.2) is 0 Å². The van der Waals surface area contributed by atoms with Crippen molar-refractivity contribution in [3.63, 3.8) is 0 Å². The van der Waals surface area contributed by atoms with Gasteiger partial charge >= 0.3 is 0 Å². The van der Waals surface area contributed by atoms with Crippen LogP contribution < -0.4 is 9.84 Å². The van der Waals surface area contributed by atoms with Gasteiger partial charge in [0.25, 0.3) is 0 Å². The summed E-state index contributed by atoms with van der Waals surface area (Å²) < 4.78 is 5.13. The second kappa shape index (κ2) is 4.70. The standard InChI is InChI=1S/C14H12O3/c1-17-13-6-5-11-8-10(3-7-14(15)16)2-4-12(11)9-13/h2-9H,1H3,(H,15,16)/p-1. The summed E-state index contributed by atoms with van der Waals surface area (Å²) in [5, 5.41) is 12.4. The van der Waals surface area contributed by atoms with Gasteiger partial charge in [0.05, 0.1) is 13.1 Å². The minimum absolute atomic E-state index is 0.801. The number of methoxy groups -OCH3 is 1. The monoisotopic (exact) mass is 227 g/mol. The molecule has 0 aromatic heterocycles. The Morgan fingerprint density at radius 2 is 1.88 bits per heavy atom. The van der Waals surface area contributed by atoms with Crippen LogP contribution in [-0.2, 0) is 4.79 Å². The van der Waals surface area contributed by atoms with E-state index in [0.29, 0.717) is 0 Å². The molecule has 2 rings (SSSR count). The van der Waals surface area contributed by atoms with Gasteiger partial charge in [0, 0.05) is 0 Å². The van der Waals surface area contributed by atoms with E-state index in [9.17, 15) is 9.90 Å². The summed E-state index contributed by atoms with van der Waals surface area (Å²) in [5.74, 6) is -0.393. The molecule has 0 radical (unpaired) electrons. The SMILES string of the molecule is COc1ccc2cc(C=CC(=O)[O-])ccc2c1. The Bertz CT molecular complexity index is 585. The lowest BCUT2D eigenvalue weighted by atomic mass is 10.1. The third-order valence-electron chi connectivity index (χ3n) is 2.48. The molecule has 17 heavy (non-hydrogen) atoms. The van der Waals surface area contributed by atoms with E-state index in [4.69, 9.17) is 4.74 Å². The number of fused-ring (bicyclic) bond motifs is 1. The van der Waals surface area contributed by atoms with Crippen molar-refractivity contribution in [2.45, 2.75) is 0 Å². The molecule has 86 valence electrons. The van der Waals surface area contributed by atoms with Crippen LogP contribution in [-0.4, -0.2) is 13.1 Å². The second-order valence-electron chi connectivity index (χ2n) is 3.62. The number of carboxylic acid groups (broad SMARTS) is 1. The van der Waals surface area contributed by atoms with Gasteiger partial charge in [-0.1, -0.05) is 24.3 Å². The van der Waals surface area contributed by atoms with Crippen LogP contribution in [0, 0.1) is 0 Å². The fourth-order valence-electron chi connectivity index (χ4n) is 1.64. The Hall–Kier alpha value is -2.29. The van der Waals surface area contributed by atoms with Crippen LogP contribution in [0.3, 0.4) is 0 Å². The quantitative estimate of drug-likeness (QED) is 0.748. The van der Waals surface area contributed by atoms with Gasteiger partial charge in [-0.05, 0) is 40.6 Å². The molecule has 0 bridgehead atoms. The molecule has 0 fully saturated rings. The molecule has 2 aromatic rings. The summed E-state index contributed by atoms with van der Waals surface area (Å²) in [6, 6.07) is 11.4. The highest BCUT2D eigenvalue weighted by atomic mass is 16.5. The fourth-order valence-corrected chi connectivity index (χ4v) is 1.64. The van der Waals surface area contributed by atoms with E-state index < -0.39 is 5.97 Å². The summed E-state index contributed by atoms with van der Waals surface area (Å²) in [5.41, 5.74) is 0.826. The Labute approximate surface area is 99.0 Å². The van der Waals surface area contributed by atoms with Gasteiger partial charge in [0.2, 0.25) is 0 Å². The number of carbonyl (C=O) groups excluding carboxylic acids is 1. The fraction of sp³-hybridized carbons (Fsp3) is 0.0714. The first kappa shape index (κ1) is 11.2. The molecule has 0 aliphatic heterocycles. The van der Waals surface area contributed by atoms with Crippen molar-refractivity contribution in [3.8, 4) is 5.75 Å². The molecule has 0 amide bonds. The first-order valence-corrected chi connectivity index (χ1v) is 5.16. The van der Waals surface area contributed by atoms with Crippen molar-refractivity contribution >= 4 is 22.8 Å². The Morgan fingerprint density at radius 1 is 1.18 bits per heavy atom. The highest BCUT2D eigenvalue weighted by Crippen LogP contribution is 2.22. The molecule has 0 unspecified atom stereocenters. The van der Waals surface area contributed by atoms with Crippen LogP contribution in [0.4, 0.5) is 0 Å². The Morgan fingerprint density at radius 3 is 2.59 bits per heavy atom. The van der Waals surface area contributed by atoms with Gasteiger partial charge in [0.1, 0.15) is 5.75 Å². The number of rotatable bonds is 3. The zero-order chi connectivity index (χ0) is 12.3. The van der Waals surface area contributed by atoms with Crippen molar-refractivity contribution < 1.29 is 14.6 Å². The molecule has 0 saturated heterocycles. The van der Waals surface area contributed by atoms with Gasteiger partial charge < -0.3 is 14.6 Å². The highest BCUT2D eigenvalue weighted by Gasteiger charge is 1.96. The maximum absolute atomic E-state index is 10.3. The molecule has 0 aliphatic rings. The molecular weight excluding hydrogens is 216 g/mol. The number of carboxylic acids is 1. The summed E-state index contributed by atoms with van der Waals surface area (Å²) >= 11 is 0. The minimum atomic E-state index is -1.19. The predicted molar refractivity (Wildman–Crippen MR) is 64.5 cm³/mol. The van der Waals surface area contributed by atoms with Crippen molar-refractivity contribution in [2.24, 2.45) is 0 Å². The molecule has 0 N–H and O–H groups in total. The average Bonchev–Trinajstić information content (AvgIpc) is 2.35. The van der Waals surface area contributed by atoms with E-state index in [1.807, 2.05) is 36.4 Å². The van der Waals surface area contributed by atoms with Crippen LogP contribution in [0.5, 0.6) is 5.75 Å². The molecule has 0 heterocycles. The van der Waals surface area contributed by atoms with Crippen molar-refractivity contribution in [1.29, 1.82) is 0 Å². The second-order valence-corrected chi connectivity index (χ2v) is 3.62. The number of benzene rings is 2. The lowest BCUT2D eigenvalue weighted by molar-refractivity contribution is -0.297. The summed E-state index contributed by atoms with van der Waals surface area (Å²) in [6.07, 6.45) is 2.53. The number of aliphatic carboxylic acids is 1. The highest BCUT2D eigenvalue weighted by molar-refractivity contribution is 5.88. The zero-order valence-corrected chi connectivity index (χ0v) is 9.34. The molecule has 2 aromatic carbocycles. The minimum Gasteiger partial charge on any atom is -0.545 e. The molecule has 0 saturated carbocycles. The third kappa shape index (κ3) is 2.64. The van der Waals surface area contributed by atoms with E-state index in [2.05, 4.69) is 0 Å². The lowest BCUT2D eigenvalue weighted by Gasteiger charge is -2.03. The largest absolute Gasteiger partial charge is 0.545 e. The van der Waals surface area contributed by atoms with E-state index in [0.717, 1.165) is 28.2 Å². The number of hydrogen-bond donors (Lipinski definition) is 0. The van der Waals surface area contributed by atoms with E-state index in [1.165, 1.54) is 6.08 Å². The number of ether oxygens (including phenoxy) is 1. The number of hydrogen-bond acceptors (Lipinski definition) is 3. The van der Waals surface area contributed by atoms with E-state index in [1.54, 1.807) is 7.11 Å². The Balaban J connectivity index is 2.41. The predicted octanol–water partition coefficient (Wildman–Crippen LogP) is 1.61. The average molecular weight is 227 g/mol. The van der Waals surface area contributed by atoms with Gasteiger partial charge in [-0.2, -0.15) is 0 Å². The summed E-state index contributed by atoms with van der Waals surface area (Å²) in [6.45, 7) is 0. The Kier molecular flexibility index (Phi) is 3.10. The molecular formula is C14H11O3-. The van der Waals surface area contributed by atoms with Crippen molar-refractivity contribution in [1.82, 2.24) is 0 Å². The molecule has 0 spiro atoms. The van der Waals surface area contributed by atoms with Crippen molar-refractivity contribution in [3.05, 3.63) is 48.0 Å². The lowest BCUT2D eigenvalue weighted by Crippen LogP contribution is -2.18. The molecule has 3 nitrogen and oxygen atoms in total. The van der Waals surface area contributed by atoms with Gasteiger partial charge in [-0.15, -0.1) is 0 Å². The maximum atomic E-state index is 10.3. The van der Waals surface area contributed by atoms with Crippen LogP contribution in [0.1, 0.15) is 5.56 Å². The van der Waals surface area contributed by atoms with Crippen LogP contribution in [0.2, 0.25) is 0 Å². The van der Waals surface area contributed by atoms with Crippen LogP contribution in [0.15, 0.2) is 42.5 Å². The molecule has 0 atom stereocenters. The number of carbonyl (C=O) groups is 1.